The molecule has 3 nitrogen and oxygen atoms in total. The standard InChI is InChI=1S/C16H26NO2/c1-7-9-15(4)11-12(3)10-14(19-6)16(15,5)13(8-2)17-18/h10,18H,7-9H2,1-6H3. The van der Waals surface area contributed by atoms with Crippen molar-refractivity contribution in [1.29, 1.82) is 0 Å². The van der Waals surface area contributed by atoms with E-state index in [0.717, 1.165) is 29.9 Å². The number of rotatable bonds is 5. The van der Waals surface area contributed by atoms with Crippen molar-refractivity contribution < 1.29 is 9.94 Å². The molecule has 3 heteroatoms. The molecule has 0 aliphatic heterocycles. The Hall–Kier alpha value is -1.25. The van der Waals surface area contributed by atoms with Crippen molar-refractivity contribution in [2.45, 2.75) is 53.9 Å². The summed E-state index contributed by atoms with van der Waals surface area (Å²) in [6, 6.07) is 0. The van der Waals surface area contributed by atoms with Crippen LogP contribution in [-0.2, 0) is 4.74 Å². The van der Waals surface area contributed by atoms with Crippen LogP contribution in [0.5, 0.6) is 0 Å². The average Bonchev–Trinajstić information content (AvgIpc) is 2.35. The summed E-state index contributed by atoms with van der Waals surface area (Å²) in [5, 5.41) is 12.9. The fourth-order valence-corrected chi connectivity index (χ4v) is 3.27. The second-order valence-electron chi connectivity index (χ2n) is 5.63. The van der Waals surface area contributed by atoms with E-state index >= 15 is 0 Å². The van der Waals surface area contributed by atoms with Gasteiger partial charge in [-0.25, -0.2) is 0 Å². The first kappa shape index (κ1) is 15.8. The van der Waals surface area contributed by atoms with Crippen molar-refractivity contribution >= 4 is 5.71 Å². The van der Waals surface area contributed by atoms with E-state index in [9.17, 15) is 5.21 Å². The van der Waals surface area contributed by atoms with Crippen LogP contribution in [0.25, 0.3) is 0 Å². The molecule has 107 valence electrons. The number of nitrogens with zero attached hydrogens (tertiary/aromatic N) is 1. The summed E-state index contributed by atoms with van der Waals surface area (Å²) < 4.78 is 5.61. The molecule has 0 spiro atoms. The molecule has 0 saturated carbocycles. The Balaban J connectivity index is 3.47. The first-order chi connectivity index (χ1) is 8.89. The van der Waals surface area contributed by atoms with Gasteiger partial charge in [0.2, 0.25) is 0 Å². The van der Waals surface area contributed by atoms with Gasteiger partial charge in [-0.3, -0.25) is 0 Å². The molecular formula is C16H26NO2. The number of oxime groups is 1. The molecule has 1 N–H and O–H groups in total. The van der Waals surface area contributed by atoms with Crippen LogP contribution in [0.2, 0.25) is 0 Å². The molecule has 0 heterocycles. The third-order valence-corrected chi connectivity index (χ3v) is 4.42. The lowest BCUT2D eigenvalue weighted by Crippen LogP contribution is -2.46. The Bertz CT molecular complexity index is 422. The SMILES string of the molecule is CCCC1(C)[C]=C(C)C=C(OC)C1(C)C(CC)=NO. The Labute approximate surface area is 117 Å². The monoisotopic (exact) mass is 264 g/mol. The maximum absolute atomic E-state index is 9.39. The van der Waals surface area contributed by atoms with Gasteiger partial charge in [-0.15, -0.1) is 0 Å². The fraction of sp³-hybridized carbons (Fsp3) is 0.688. The van der Waals surface area contributed by atoms with E-state index in [1.807, 2.05) is 19.9 Å². The second kappa shape index (κ2) is 5.81. The predicted octanol–water partition coefficient (Wildman–Crippen LogP) is 4.33. The topological polar surface area (TPSA) is 41.8 Å². The Morgan fingerprint density at radius 3 is 2.47 bits per heavy atom. The van der Waals surface area contributed by atoms with Crippen LogP contribution in [0.4, 0.5) is 0 Å². The van der Waals surface area contributed by atoms with Crippen LogP contribution in [0, 0.1) is 16.9 Å². The minimum absolute atomic E-state index is 0.219. The summed E-state index contributed by atoms with van der Waals surface area (Å²) in [6.07, 6.45) is 8.27. The first-order valence-corrected chi connectivity index (χ1v) is 6.98. The van der Waals surface area contributed by atoms with E-state index in [1.54, 1.807) is 7.11 Å². The molecule has 0 fully saturated rings. The zero-order valence-electron chi connectivity index (χ0n) is 13.0. The molecule has 0 aromatic rings. The quantitative estimate of drug-likeness (QED) is 0.456. The van der Waals surface area contributed by atoms with E-state index in [0.29, 0.717) is 6.42 Å². The highest BCUT2D eigenvalue weighted by atomic mass is 16.5. The van der Waals surface area contributed by atoms with E-state index in [2.05, 4.69) is 32.0 Å². The summed E-state index contributed by atoms with van der Waals surface area (Å²) in [5.41, 5.74) is 1.17. The molecule has 19 heavy (non-hydrogen) atoms. The number of methoxy groups -OCH3 is 1. The molecule has 0 bridgehead atoms. The van der Waals surface area contributed by atoms with E-state index in [4.69, 9.17) is 4.74 Å². The predicted molar refractivity (Wildman–Crippen MR) is 78.2 cm³/mol. The number of hydrogen-bond donors (Lipinski definition) is 1. The Morgan fingerprint density at radius 2 is 2.05 bits per heavy atom. The van der Waals surface area contributed by atoms with E-state index in [1.165, 1.54) is 0 Å². The maximum Gasteiger partial charge on any atom is 0.108 e. The zero-order chi connectivity index (χ0) is 14.7. The highest BCUT2D eigenvalue weighted by Crippen LogP contribution is 2.53. The van der Waals surface area contributed by atoms with Crippen molar-refractivity contribution in [1.82, 2.24) is 0 Å². The summed E-state index contributed by atoms with van der Waals surface area (Å²) in [7, 11) is 1.68. The van der Waals surface area contributed by atoms with Crippen molar-refractivity contribution in [2.24, 2.45) is 16.0 Å². The number of allylic oxidation sites excluding steroid dienone is 4. The first-order valence-electron chi connectivity index (χ1n) is 6.98. The van der Waals surface area contributed by atoms with E-state index < -0.39 is 5.41 Å². The van der Waals surface area contributed by atoms with Gasteiger partial charge in [-0.1, -0.05) is 32.3 Å². The molecular weight excluding hydrogens is 238 g/mol. The van der Waals surface area contributed by atoms with Gasteiger partial charge >= 0.3 is 0 Å². The molecule has 1 radical (unpaired) electrons. The van der Waals surface area contributed by atoms with Crippen LogP contribution in [-0.4, -0.2) is 18.0 Å². The highest BCUT2D eigenvalue weighted by Gasteiger charge is 2.51. The Morgan fingerprint density at radius 1 is 1.42 bits per heavy atom. The number of ether oxygens (including phenoxy) is 1. The zero-order valence-corrected chi connectivity index (χ0v) is 13.0. The smallest absolute Gasteiger partial charge is 0.108 e. The van der Waals surface area contributed by atoms with Gasteiger partial charge in [0, 0.05) is 5.41 Å². The van der Waals surface area contributed by atoms with Gasteiger partial charge in [-0.2, -0.15) is 0 Å². The third-order valence-electron chi connectivity index (χ3n) is 4.42. The van der Waals surface area contributed by atoms with E-state index in [-0.39, 0.29) is 5.41 Å². The highest BCUT2D eigenvalue weighted by molar-refractivity contribution is 5.93. The number of hydrogen-bond acceptors (Lipinski definition) is 3. The molecule has 1 aliphatic rings. The average molecular weight is 264 g/mol. The van der Waals surface area contributed by atoms with Crippen LogP contribution in [0.1, 0.15) is 53.9 Å². The summed E-state index contributed by atoms with van der Waals surface area (Å²) >= 11 is 0. The third kappa shape index (κ3) is 2.43. The van der Waals surface area contributed by atoms with Gasteiger partial charge in [0.15, 0.2) is 0 Å². The largest absolute Gasteiger partial charge is 0.500 e. The minimum Gasteiger partial charge on any atom is -0.500 e. The maximum atomic E-state index is 9.39. The molecule has 2 atom stereocenters. The lowest BCUT2D eigenvalue weighted by Gasteiger charge is -2.47. The second-order valence-corrected chi connectivity index (χ2v) is 5.63. The van der Waals surface area contributed by atoms with Gasteiger partial charge in [-0.05, 0) is 44.4 Å². The van der Waals surface area contributed by atoms with Crippen LogP contribution < -0.4 is 0 Å². The van der Waals surface area contributed by atoms with Gasteiger partial charge in [0.05, 0.1) is 18.2 Å². The van der Waals surface area contributed by atoms with Crippen LogP contribution in [0.3, 0.4) is 0 Å². The van der Waals surface area contributed by atoms with Gasteiger partial charge in [0.1, 0.15) is 5.76 Å². The van der Waals surface area contributed by atoms with Gasteiger partial charge < -0.3 is 9.94 Å². The molecule has 0 saturated heterocycles. The van der Waals surface area contributed by atoms with Crippen LogP contribution >= 0.6 is 0 Å². The molecule has 1 aliphatic carbocycles. The molecule has 0 aromatic heterocycles. The van der Waals surface area contributed by atoms with Crippen molar-refractivity contribution in [3.8, 4) is 0 Å². The van der Waals surface area contributed by atoms with Crippen LogP contribution in [0.15, 0.2) is 22.6 Å². The molecule has 0 amide bonds. The van der Waals surface area contributed by atoms with Crippen molar-refractivity contribution in [3.63, 3.8) is 0 Å². The molecule has 0 aromatic carbocycles. The normalized spacial score (nSPS) is 31.8. The van der Waals surface area contributed by atoms with Crippen molar-refractivity contribution in [2.75, 3.05) is 7.11 Å². The molecule has 2 unspecified atom stereocenters. The lowest BCUT2D eigenvalue weighted by atomic mass is 9.57. The van der Waals surface area contributed by atoms with Crippen molar-refractivity contribution in [3.05, 3.63) is 23.5 Å². The fourth-order valence-electron chi connectivity index (χ4n) is 3.27. The lowest BCUT2D eigenvalue weighted by molar-refractivity contribution is 0.115. The summed E-state index contributed by atoms with van der Waals surface area (Å²) in [6.45, 7) is 10.5. The van der Waals surface area contributed by atoms with Gasteiger partial charge in [0.25, 0.3) is 0 Å². The summed E-state index contributed by atoms with van der Waals surface area (Å²) in [4.78, 5) is 0. The molecule has 1 rings (SSSR count). The summed E-state index contributed by atoms with van der Waals surface area (Å²) in [5.74, 6) is 0.856. The Kier molecular flexibility index (Phi) is 4.83. The minimum atomic E-state index is -0.444.